The molecule has 3 aliphatic heterocycles. The van der Waals surface area contributed by atoms with Gasteiger partial charge in [0.25, 0.3) is 0 Å². The topological polar surface area (TPSA) is 72.8 Å². The molecule has 4 rings (SSSR count). The fourth-order valence-electron chi connectivity index (χ4n) is 3.97. The number of benzene rings is 1. The molecule has 2 bridgehead atoms. The van der Waals surface area contributed by atoms with Gasteiger partial charge in [-0.15, -0.1) is 0 Å². The highest BCUT2D eigenvalue weighted by atomic mass is 32.2. The molecule has 3 aliphatic rings. The Morgan fingerprint density at radius 2 is 2.04 bits per heavy atom. The maximum Gasteiger partial charge on any atom is 0.319 e. The highest BCUT2D eigenvalue weighted by Gasteiger charge is 2.45. The number of aliphatic hydroxyl groups excluding tert-OH is 1. The first-order chi connectivity index (χ1) is 12.0. The highest BCUT2D eigenvalue weighted by Crippen LogP contribution is 2.34. The van der Waals surface area contributed by atoms with Crippen molar-refractivity contribution in [2.45, 2.75) is 30.8 Å². The Morgan fingerprint density at radius 3 is 2.56 bits per heavy atom. The van der Waals surface area contributed by atoms with Crippen LogP contribution < -0.4 is 0 Å². The average Bonchev–Trinajstić information content (AvgIpc) is 2.64. The molecule has 1 N–H and O–H groups in total. The predicted molar refractivity (Wildman–Crippen MR) is 97.8 cm³/mol. The Kier molecular flexibility index (Phi) is 6.04. The van der Waals surface area contributed by atoms with Crippen molar-refractivity contribution in [3.05, 3.63) is 35.9 Å². The molecule has 0 radical (unpaired) electrons. The number of carbonyl (C=O) groups is 1. The zero-order valence-corrected chi connectivity index (χ0v) is 15.5. The van der Waals surface area contributed by atoms with Gasteiger partial charge in [-0.25, -0.2) is 0 Å². The van der Waals surface area contributed by atoms with E-state index in [4.69, 9.17) is 4.74 Å². The summed E-state index contributed by atoms with van der Waals surface area (Å²) in [5.41, 5.74) is -0.409. The molecule has 0 aliphatic carbocycles. The third-order valence-electron chi connectivity index (χ3n) is 5.66. The number of rotatable bonds is 7. The number of esters is 1. The van der Waals surface area contributed by atoms with Crippen molar-refractivity contribution in [2.75, 3.05) is 38.2 Å². The second-order valence-electron chi connectivity index (χ2n) is 7.22. The summed E-state index contributed by atoms with van der Waals surface area (Å²) >= 11 is -1.04. The van der Waals surface area contributed by atoms with Crippen LogP contribution in [0.3, 0.4) is 0 Å². The van der Waals surface area contributed by atoms with E-state index < -0.39 is 16.6 Å². The number of carbonyl (C=O) groups excluding carboxylic acids is 1. The molecule has 5 nitrogen and oxygen atoms in total. The van der Waals surface area contributed by atoms with Crippen molar-refractivity contribution < 1.29 is 19.2 Å². The third-order valence-corrected chi connectivity index (χ3v) is 6.44. The highest BCUT2D eigenvalue weighted by molar-refractivity contribution is 7.90. The van der Waals surface area contributed by atoms with Crippen LogP contribution in [0.25, 0.3) is 0 Å². The lowest BCUT2D eigenvalue weighted by atomic mass is 9.78. The van der Waals surface area contributed by atoms with E-state index in [1.54, 1.807) is 6.26 Å². The van der Waals surface area contributed by atoms with Gasteiger partial charge in [0.2, 0.25) is 0 Å². The zero-order chi connectivity index (χ0) is 17.9. The first-order valence-electron chi connectivity index (χ1n) is 8.95. The summed E-state index contributed by atoms with van der Waals surface area (Å²) < 4.78 is 17.6. The largest absolute Gasteiger partial charge is 0.617 e. The minimum atomic E-state index is -1.14. The Labute approximate surface area is 152 Å². The summed E-state index contributed by atoms with van der Waals surface area (Å²) in [5, 5.41) is 10.2. The summed E-state index contributed by atoms with van der Waals surface area (Å²) in [4.78, 5) is 15.5. The van der Waals surface area contributed by atoms with Crippen LogP contribution in [-0.4, -0.2) is 64.9 Å². The van der Waals surface area contributed by atoms with E-state index >= 15 is 0 Å². The zero-order valence-electron chi connectivity index (χ0n) is 14.7. The summed E-state index contributed by atoms with van der Waals surface area (Å²) in [6, 6.07) is 9.26. The summed E-state index contributed by atoms with van der Waals surface area (Å²) in [6.07, 6.45) is 3.96. The van der Waals surface area contributed by atoms with Gasteiger partial charge in [-0.1, -0.05) is 41.5 Å². The van der Waals surface area contributed by atoms with Gasteiger partial charge in [-0.2, -0.15) is 0 Å². The molecule has 6 heteroatoms. The number of fused-ring (bicyclic) bond motifs is 3. The van der Waals surface area contributed by atoms with Crippen LogP contribution in [0.15, 0.2) is 30.3 Å². The smallest absolute Gasteiger partial charge is 0.319 e. The molecule has 25 heavy (non-hydrogen) atoms. The van der Waals surface area contributed by atoms with E-state index in [2.05, 4.69) is 4.90 Å². The van der Waals surface area contributed by atoms with E-state index in [1.165, 1.54) is 0 Å². The summed E-state index contributed by atoms with van der Waals surface area (Å²) in [7, 11) is 0. The molecule has 3 fully saturated rings. The van der Waals surface area contributed by atoms with E-state index in [0.29, 0.717) is 18.1 Å². The van der Waals surface area contributed by atoms with Crippen LogP contribution in [-0.2, 0) is 26.1 Å². The maximum atomic E-state index is 13.2. The molecule has 3 heterocycles. The normalized spacial score (nSPS) is 29.0. The fourth-order valence-corrected chi connectivity index (χ4v) is 4.60. The number of ether oxygens (including phenoxy) is 1. The predicted octanol–water partition coefficient (Wildman–Crippen LogP) is 1.32. The Balaban J connectivity index is 1.81. The van der Waals surface area contributed by atoms with Gasteiger partial charge in [0.15, 0.2) is 0 Å². The van der Waals surface area contributed by atoms with Crippen molar-refractivity contribution in [1.29, 1.82) is 0 Å². The van der Waals surface area contributed by atoms with Crippen LogP contribution in [0.1, 0.15) is 24.8 Å². The van der Waals surface area contributed by atoms with E-state index in [0.717, 1.165) is 38.0 Å². The molecule has 0 spiro atoms. The fraction of sp³-hybridized carbons (Fsp3) is 0.632. The van der Waals surface area contributed by atoms with E-state index in [1.807, 2.05) is 30.3 Å². The Morgan fingerprint density at radius 1 is 1.36 bits per heavy atom. The van der Waals surface area contributed by atoms with Gasteiger partial charge < -0.3 is 14.4 Å². The van der Waals surface area contributed by atoms with Gasteiger partial charge in [-0.3, -0.25) is 9.69 Å². The van der Waals surface area contributed by atoms with Crippen LogP contribution in [0, 0.1) is 5.92 Å². The lowest BCUT2D eigenvalue weighted by molar-refractivity contribution is -0.167. The molecule has 138 valence electrons. The van der Waals surface area contributed by atoms with Crippen molar-refractivity contribution >= 4 is 17.1 Å². The second-order valence-corrected chi connectivity index (χ2v) is 8.77. The minimum absolute atomic E-state index is 0.100. The Hall–Kier alpha value is -1.08. The van der Waals surface area contributed by atoms with Crippen LogP contribution >= 0.6 is 0 Å². The van der Waals surface area contributed by atoms with Crippen molar-refractivity contribution in [3.63, 3.8) is 0 Å². The van der Waals surface area contributed by atoms with Crippen LogP contribution in [0.4, 0.5) is 0 Å². The third kappa shape index (κ3) is 4.03. The molecule has 0 amide bonds. The molecular formula is C19H27NO4S. The molecule has 0 unspecified atom stereocenters. The van der Waals surface area contributed by atoms with Gasteiger partial charge in [-0.05, 0) is 37.4 Å². The van der Waals surface area contributed by atoms with Gasteiger partial charge in [0.1, 0.15) is 17.3 Å². The van der Waals surface area contributed by atoms with Crippen molar-refractivity contribution in [2.24, 2.45) is 5.92 Å². The van der Waals surface area contributed by atoms with E-state index in [-0.39, 0.29) is 18.7 Å². The maximum absolute atomic E-state index is 13.2. The summed E-state index contributed by atoms with van der Waals surface area (Å²) in [6.45, 7) is 2.61. The van der Waals surface area contributed by atoms with Crippen molar-refractivity contribution in [1.82, 2.24) is 4.90 Å². The lowest BCUT2D eigenvalue weighted by Crippen LogP contribution is -2.54. The average molecular weight is 365 g/mol. The number of hydrogen-bond donors (Lipinski definition) is 1. The van der Waals surface area contributed by atoms with E-state index in [9.17, 15) is 14.5 Å². The van der Waals surface area contributed by atoms with Crippen LogP contribution in [0.2, 0.25) is 0 Å². The number of aliphatic hydroxyl groups is 1. The van der Waals surface area contributed by atoms with Gasteiger partial charge >= 0.3 is 5.97 Å². The van der Waals surface area contributed by atoms with Gasteiger partial charge in [0.05, 0.1) is 12.9 Å². The standard InChI is InChI=1S/C19H27NO4S/c1-25(23)12-9-19(14-21,16-5-3-2-4-6-16)18(22)24-17-13-20-10-7-15(17)8-11-20/h2-6,15,17,21H,7-14H2,1H3/t17-,19+,25+/m0/s1. The number of nitrogens with zero attached hydrogens (tertiary/aromatic N) is 1. The minimum Gasteiger partial charge on any atom is -0.617 e. The van der Waals surface area contributed by atoms with Crippen LogP contribution in [0.5, 0.6) is 0 Å². The van der Waals surface area contributed by atoms with Gasteiger partial charge in [0, 0.05) is 13.0 Å². The first-order valence-corrected chi connectivity index (χ1v) is 10.7. The SMILES string of the molecule is C[S@@+]([O-])CC[C@](CO)(C(=O)O[C@H]1CN2CCC1CC2)c1ccccc1. The number of piperidine rings is 3. The molecule has 3 atom stereocenters. The second kappa shape index (κ2) is 8.08. The van der Waals surface area contributed by atoms with Crippen molar-refractivity contribution in [3.8, 4) is 0 Å². The molecule has 0 saturated carbocycles. The molecule has 0 aromatic heterocycles. The molecule has 3 saturated heterocycles. The quantitative estimate of drug-likeness (QED) is 0.583. The number of hydrogen-bond acceptors (Lipinski definition) is 5. The summed E-state index contributed by atoms with van der Waals surface area (Å²) in [5.74, 6) is 0.386. The Bertz CT molecular complexity index is 574. The molecule has 1 aromatic rings. The molecule has 1 aromatic carbocycles. The molecular weight excluding hydrogens is 338 g/mol. The lowest BCUT2D eigenvalue weighted by Gasteiger charge is -2.45. The monoisotopic (exact) mass is 365 g/mol. The first kappa shape index (κ1) is 18.7.